The number of aryl methyl sites for hydroxylation is 1. The molecule has 1 aromatic carbocycles. The molecule has 0 N–H and O–H groups in total. The van der Waals surface area contributed by atoms with E-state index in [1.54, 1.807) is 10.8 Å². The van der Waals surface area contributed by atoms with Gasteiger partial charge in [0, 0.05) is 0 Å². The van der Waals surface area contributed by atoms with E-state index >= 15 is 0 Å². The molecule has 0 spiro atoms. The molecule has 0 aliphatic carbocycles. The maximum Gasteiger partial charge on any atom is 0.0650 e. The van der Waals surface area contributed by atoms with Crippen molar-refractivity contribution < 1.29 is 0 Å². The van der Waals surface area contributed by atoms with Gasteiger partial charge in [0.15, 0.2) is 0 Å². The molecule has 0 aromatic heterocycles. The van der Waals surface area contributed by atoms with Gasteiger partial charge in [0.25, 0.3) is 0 Å². The second kappa shape index (κ2) is 6.30. The molecule has 0 bridgehead atoms. The van der Waals surface area contributed by atoms with Gasteiger partial charge >= 0.3 is 0 Å². The first-order valence-electron chi connectivity index (χ1n) is 5.44. The Labute approximate surface area is 94.8 Å². The number of hydrogen-bond donors (Lipinski definition) is 1. The van der Waals surface area contributed by atoms with Crippen LogP contribution in [0.25, 0.3) is 0 Å². The Balaban J connectivity index is 2.64. The zero-order valence-electron chi connectivity index (χ0n) is 9.16. The summed E-state index contributed by atoms with van der Waals surface area (Å²) in [5, 5.41) is 1.65. The van der Waals surface area contributed by atoms with Crippen molar-refractivity contribution in [3.05, 3.63) is 29.8 Å². The van der Waals surface area contributed by atoms with Gasteiger partial charge < -0.3 is 0 Å². The van der Waals surface area contributed by atoms with Crippen molar-refractivity contribution in [3.8, 4) is 0 Å². The van der Waals surface area contributed by atoms with Gasteiger partial charge in [-0.2, -0.15) is 12.6 Å². The van der Waals surface area contributed by atoms with E-state index in [0.29, 0.717) is 0 Å². The predicted molar refractivity (Wildman–Crippen MR) is 71.7 cm³/mol. The van der Waals surface area contributed by atoms with Crippen molar-refractivity contribution in [2.24, 2.45) is 0 Å². The number of unbranched alkanes of at least 4 members (excludes halogenated alkanes) is 1. The summed E-state index contributed by atoms with van der Waals surface area (Å²) in [7, 11) is -0.639. The third-order valence-electron chi connectivity index (χ3n) is 2.53. The van der Waals surface area contributed by atoms with Gasteiger partial charge in [-0.3, -0.25) is 0 Å². The second-order valence-electron chi connectivity index (χ2n) is 4.03. The van der Waals surface area contributed by atoms with Crippen LogP contribution in [0.1, 0.15) is 18.4 Å². The lowest BCUT2D eigenvalue weighted by Gasteiger charge is -2.11. The van der Waals surface area contributed by atoms with E-state index in [1.165, 1.54) is 19.3 Å². The quantitative estimate of drug-likeness (QED) is 0.444. The molecule has 0 heterocycles. The van der Waals surface area contributed by atoms with Gasteiger partial charge in [-0.1, -0.05) is 42.5 Å². The standard InChI is InChI=1S/C12H20SSi/c1-14(2)12-9-4-3-7-11(12)8-5-6-10-13/h3-4,7,9,13-14H,5-6,8,10H2,1-2H3. The monoisotopic (exact) mass is 224 g/mol. The fourth-order valence-electron chi connectivity index (χ4n) is 1.75. The molecule has 0 nitrogen and oxygen atoms in total. The topological polar surface area (TPSA) is 0 Å². The third kappa shape index (κ3) is 3.50. The zero-order valence-corrected chi connectivity index (χ0v) is 11.2. The van der Waals surface area contributed by atoms with Crippen LogP contribution in [-0.4, -0.2) is 14.5 Å². The first-order chi connectivity index (χ1) is 6.75. The Morgan fingerprint density at radius 3 is 2.50 bits per heavy atom. The lowest BCUT2D eigenvalue weighted by Crippen LogP contribution is -2.26. The summed E-state index contributed by atoms with van der Waals surface area (Å²) in [6, 6.07) is 8.94. The predicted octanol–water partition coefficient (Wildman–Crippen LogP) is 2.63. The van der Waals surface area contributed by atoms with Crippen LogP contribution in [0.3, 0.4) is 0 Å². The summed E-state index contributed by atoms with van der Waals surface area (Å²) in [6.45, 7) is 4.80. The fourth-order valence-corrected chi connectivity index (χ4v) is 3.45. The largest absolute Gasteiger partial charge is 0.179 e. The minimum Gasteiger partial charge on any atom is -0.179 e. The van der Waals surface area contributed by atoms with Crippen LogP contribution in [0.15, 0.2) is 24.3 Å². The average Bonchev–Trinajstić information content (AvgIpc) is 2.19. The molecule has 0 radical (unpaired) electrons. The number of hydrogen-bond acceptors (Lipinski definition) is 1. The molecule has 0 unspecified atom stereocenters. The van der Waals surface area contributed by atoms with Crippen molar-refractivity contribution in [2.45, 2.75) is 32.4 Å². The van der Waals surface area contributed by atoms with E-state index in [0.717, 1.165) is 5.75 Å². The highest BCUT2D eigenvalue weighted by Gasteiger charge is 2.05. The van der Waals surface area contributed by atoms with Crippen molar-refractivity contribution in [2.75, 3.05) is 5.75 Å². The van der Waals surface area contributed by atoms with Crippen LogP contribution in [0.5, 0.6) is 0 Å². The minimum absolute atomic E-state index is 0.639. The van der Waals surface area contributed by atoms with Gasteiger partial charge in [-0.05, 0) is 30.6 Å². The number of benzene rings is 1. The molecule has 0 fully saturated rings. The first kappa shape index (κ1) is 11.9. The average molecular weight is 224 g/mol. The molecule has 1 rings (SSSR count). The molecule has 0 amide bonds. The Morgan fingerprint density at radius 2 is 1.86 bits per heavy atom. The van der Waals surface area contributed by atoms with Gasteiger partial charge in [0.1, 0.15) is 0 Å². The molecule has 1 aromatic rings. The van der Waals surface area contributed by atoms with Gasteiger partial charge in [0.05, 0.1) is 8.80 Å². The molecule has 14 heavy (non-hydrogen) atoms. The van der Waals surface area contributed by atoms with Crippen LogP contribution in [-0.2, 0) is 6.42 Å². The summed E-state index contributed by atoms with van der Waals surface area (Å²) in [6.07, 6.45) is 3.75. The van der Waals surface area contributed by atoms with Crippen LogP contribution < -0.4 is 5.19 Å². The molecular weight excluding hydrogens is 204 g/mol. The van der Waals surface area contributed by atoms with Crippen molar-refractivity contribution in [3.63, 3.8) is 0 Å². The Bertz CT molecular complexity index is 271. The van der Waals surface area contributed by atoms with Crippen LogP contribution in [0.2, 0.25) is 13.1 Å². The smallest absolute Gasteiger partial charge is 0.0650 e. The first-order valence-corrected chi connectivity index (χ1v) is 8.96. The number of thiol groups is 1. The number of rotatable bonds is 5. The van der Waals surface area contributed by atoms with Gasteiger partial charge in [-0.15, -0.1) is 0 Å². The summed E-state index contributed by atoms with van der Waals surface area (Å²) in [4.78, 5) is 0. The lowest BCUT2D eigenvalue weighted by molar-refractivity contribution is 0.806. The fraction of sp³-hybridized carbons (Fsp3) is 0.500. The minimum atomic E-state index is -0.639. The zero-order chi connectivity index (χ0) is 10.4. The summed E-state index contributed by atoms with van der Waals surface area (Å²) < 4.78 is 0. The highest BCUT2D eigenvalue weighted by atomic mass is 32.1. The second-order valence-corrected chi connectivity index (χ2v) is 7.41. The molecule has 78 valence electrons. The highest BCUT2D eigenvalue weighted by molar-refractivity contribution is 7.80. The van der Waals surface area contributed by atoms with Crippen molar-refractivity contribution >= 4 is 26.6 Å². The van der Waals surface area contributed by atoms with E-state index in [-0.39, 0.29) is 0 Å². The van der Waals surface area contributed by atoms with Crippen LogP contribution in [0.4, 0.5) is 0 Å². The Morgan fingerprint density at radius 1 is 1.14 bits per heavy atom. The Kier molecular flexibility index (Phi) is 5.34. The molecular formula is C12H20SSi. The van der Waals surface area contributed by atoms with E-state index in [1.807, 2.05) is 0 Å². The lowest BCUT2D eigenvalue weighted by atomic mass is 10.1. The SMILES string of the molecule is C[SiH](C)c1ccccc1CCCCS. The van der Waals surface area contributed by atoms with E-state index in [2.05, 4.69) is 50.0 Å². The van der Waals surface area contributed by atoms with Crippen LogP contribution in [0, 0.1) is 0 Å². The van der Waals surface area contributed by atoms with Crippen LogP contribution >= 0.6 is 12.6 Å². The van der Waals surface area contributed by atoms with E-state index in [4.69, 9.17) is 0 Å². The van der Waals surface area contributed by atoms with E-state index < -0.39 is 8.80 Å². The molecule has 0 aliphatic heterocycles. The molecule has 0 saturated carbocycles. The maximum absolute atomic E-state index is 4.24. The van der Waals surface area contributed by atoms with Gasteiger partial charge in [-0.25, -0.2) is 0 Å². The van der Waals surface area contributed by atoms with Gasteiger partial charge in [0.2, 0.25) is 0 Å². The summed E-state index contributed by atoms with van der Waals surface area (Å²) in [5.74, 6) is 1.02. The summed E-state index contributed by atoms with van der Waals surface area (Å²) in [5.41, 5.74) is 1.58. The maximum atomic E-state index is 4.24. The highest BCUT2D eigenvalue weighted by Crippen LogP contribution is 2.05. The molecule has 2 heteroatoms. The van der Waals surface area contributed by atoms with E-state index in [9.17, 15) is 0 Å². The van der Waals surface area contributed by atoms with Crippen molar-refractivity contribution in [1.29, 1.82) is 0 Å². The van der Waals surface area contributed by atoms with Crippen molar-refractivity contribution in [1.82, 2.24) is 0 Å². The molecule has 0 atom stereocenters. The normalized spacial score (nSPS) is 10.9. The molecule has 0 saturated heterocycles. The Hall–Kier alpha value is -0.213. The summed E-state index contributed by atoms with van der Waals surface area (Å²) >= 11 is 4.24. The third-order valence-corrected chi connectivity index (χ3v) is 4.65. The molecule has 0 aliphatic rings.